The van der Waals surface area contributed by atoms with Crippen molar-refractivity contribution >= 4 is 18.6 Å². The molecule has 1 saturated heterocycles. The molecule has 3 rings (SSSR count). The van der Waals surface area contributed by atoms with Gasteiger partial charge in [-0.05, 0) is 46.6 Å². The average molecular weight is 517 g/mol. The second-order valence-corrected chi connectivity index (χ2v) is 11.9. The number of aryl methyl sites for hydroxylation is 1. The molecule has 35 heavy (non-hydrogen) atoms. The molecular weight excluding hydrogens is 482 g/mol. The molecule has 3 heterocycles. The van der Waals surface area contributed by atoms with E-state index in [9.17, 15) is 34.0 Å². The van der Waals surface area contributed by atoms with Crippen molar-refractivity contribution in [3.8, 4) is 0 Å². The topological polar surface area (TPSA) is 162 Å². The van der Waals surface area contributed by atoms with Crippen LogP contribution < -0.4 is 5.56 Å². The maximum atomic E-state index is 14.9. The molecule has 5 N–H and O–H groups in total. The van der Waals surface area contributed by atoms with Crippen LogP contribution in [-0.2, 0) is 13.8 Å². The van der Waals surface area contributed by atoms with Crippen molar-refractivity contribution in [1.82, 2.24) is 9.97 Å². The number of H-pyrrole nitrogens is 1. The Hall–Kier alpha value is -1.72. The van der Waals surface area contributed by atoms with Crippen LogP contribution in [0.3, 0.4) is 0 Å². The maximum absolute atomic E-state index is 14.9. The summed E-state index contributed by atoms with van der Waals surface area (Å²) in [6.07, 6.45) is -5.29. The highest BCUT2D eigenvalue weighted by atomic mass is 31.2. The number of ether oxygens (including phenoxy) is 1. The Morgan fingerprint density at radius 2 is 1.86 bits per heavy atom. The second kappa shape index (κ2) is 9.63. The van der Waals surface area contributed by atoms with Crippen LogP contribution in [0.5, 0.6) is 0 Å². The van der Waals surface area contributed by atoms with Crippen LogP contribution in [0, 0.1) is 19.7 Å². The van der Waals surface area contributed by atoms with Gasteiger partial charge in [0.15, 0.2) is 5.34 Å². The predicted octanol–water partition coefficient (Wildman–Crippen LogP) is 2.72. The minimum Gasteiger partial charge on any atom is -0.388 e. The lowest BCUT2D eigenvalue weighted by Gasteiger charge is -2.37. The van der Waals surface area contributed by atoms with Gasteiger partial charge in [-0.15, -0.1) is 0 Å². The molecule has 1 aliphatic heterocycles. The van der Waals surface area contributed by atoms with Crippen LogP contribution in [0.25, 0.3) is 11.0 Å². The quantitative estimate of drug-likeness (QED) is 0.332. The van der Waals surface area contributed by atoms with Gasteiger partial charge in [-0.2, -0.15) is 0 Å². The van der Waals surface area contributed by atoms with Crippen molar-refractivity contribution in [3.63, 3.8) is 0 Å². The summed E-state index contributed by atoms with van der Waals surface area (Å²) >= 11 is 0. The molecule has 0 amide bonds. The summed E-state index contributed by atoms with van der Waals surface area (Å²) in [4.78, 5) is 29.8. The summed E-state index contributed by atoms with van der Waals surface area (Å²) < 4.78 is 38.9. The minimum absolute atomic E-state index is 0.0287. The van der Waals surface area contributed by atoms with Crippen LogP contribution in [0.2, 0.25) is 0 Å². The Kier molecular flexibility index (Phi) is 7.66. The van der Waals surface area contributed by atoms with Crippen molar-refractivity contribution < 1.29 is 38.4 Å². The van der Waals surface area contributed by atoms with Crippen molar-refractivity contribution in [3.05, 3.63) is 39.1 Å². The SMILES string of the molecule is CCC(C)(CC1OC(c2cc3c(F)c(C)c(C)nc3[nH]c2=O)C(O)C1O)OP(=O)(O)C(C)(O)CC. The molecule has 2 aromatic heterocycles. The first-order valence-electron chi connectivity index (χ1n) is 11.5. The molecule has 7 unspecified atom stereocenters. The van der Waals surface area contributed by atoms with Gasteiger partial charge in [-0.1, -0.05) is 13.8 Å². The molecule has 0 aliphatic carbocycles. The number of aliphatic hydroxyl groups excluding tert-OH is 2. The number of halogens is 1. The summed E-state index contributed by atoms with van der Waals surface area (Å²) in [5.41, 5.74) is -1.27. The molecular formula is C23H34FN2O8P. The molecule has 0 saturated carbocycles. The van der Waals surface area contributed by atoms with E-state index in [1.807, 2.05) is 0 Å². The standard InChI is InChI=1S/C23H34FN2O8P/c1-7-22(5,34-35(31,32)23(6,30)8-2)10-15-17(27)18(28)19(33-15)14-9-13-16(24)11(3)12(4)25-20(13)26-21(14)29/h9,15,17-19,27-28,30H,7-8,10H2,1-6H3,(H,31,32)(H,25,26,29). The van der Waals surface area contributed by atoms with Crippen LogP contribution in [0.4, 0.5) is 4.39 Å². The molecule has 1 aliphatic rings. The van der Waals surface area contributed by atoms with E-state index in [1.165, 1.54) is 19.9 Å². The monoisotopic (exact) mass is 516 g/mol. The number of aromatic nitrogens is 2. The Morgan fingerprint density at radius 1 is 1.23 bits per heavy atom. The lowest BCUT2D eigenvalue weighted by molar-refractivity contribution is -0.0532. The zero-order valence-electron chi connectivity index (χ0n) is 20.7. The zero-order valence-corrected chi connectivity index (χ0v) is 21.6. The number of aliphatic hydroxyl groups is 3. The number of nitrogens with zero attached hydrogens (tertiary/aromatic N) is 1. The molecule has 0 spiro atoms. The van der Waals surface area contributed by atoms with Crippen LogP contribution in [-0.4, -0.2) is 59.4 Å². The predicted molar refractivity (Wildman–Crippen MR) is 127 cm³/mol. The maximum Gasteiger partial charge on any atom is 0.359 e. The molecule has 1 fully saturated rings. The molecule has 0 bridgehead atoms. The van der Waals surface area contributed by atoms with Crippen molar-refractivity contribution in [2.24, 2.45) is 0 Å². The Bertz CT molecular complexity index is 1220. The zero-order chi connectivity index (χ0) is 26.5. The van der Waals surface area contributed by atoms with Crippen LogP contribution in [0.1, 0.15) is 69.9 Å². The fraction of sp³-hybridized carbons (Fsp3) is 0.652. The van der Waals surface area contributed by atoms with E-state index in [0.29, 0.717) is 11.3 Å². The summed E-state index contributed by atoms with van der Waals surface area (Å²) in [5, 5.41) is 29.7. The van der Waals surface area contributed by atoms with E-state index < -0.39 is 54.3 Å². The molecule has 7 atom stereocenters. The average Bonchev–Trinajstić information content (AvgIpc) is 3.04. The fourth-order valence-electron chi connectivity index (χ4n) is 4.06. The molecule has 0 radical (unpaired) electrons. The summed E-state index contributed by atoms with van der Waals surface area (Å²) in [7, 11) is -4.50. The second-order valence-electron chi connectivity index (χ2n) is 9.72. The first-order chi connectivity index (χ1) is 16.1. The van der Waals surface area contributed by atoms with Gasteiger partial charge in [0.2, 0.25) is 0 Å². The van der Waals surface area contributed by atoms with Crippen molar-refractivity contribution in [2.45, 2.75) is 96.2 Å². The highest BCUT2D eigenvalue weighted by Crippen LogP contribution is 2.59. The summed E-state index contributed by atoms with van der Waals surface area (Å²) in [6.45, 7) is 9.16. The fourth-order valence-corrected chi connectivity index (χ4v) is 5.46. The highest BCUT2D eigenvalue weighted by Gasteiger charge is 2.50. The molecule has 10 nitrogen and oxygen atoms in total. The third-order valence-electron chi connectivity index (χ3n) is 7.11. The van der Waals surface area contributed by atoms with E-state index in [0.717, 1.165) is 0 Å². The van der Waals surface area contributed by atoms with E-state index in [2.05, 4.69) is 9.97 Å². The van der Waals surface area contributed by atoms with E-state index >= 15 is 0 Å². The lowest BCUT2D eigenvalue weighted by Crippen LogP contribution is -2.40. The number of pyridine rings is 2. The van der Waals surface area contributed by atoms with Crippen molar-refractivity contribution in [1.29, 1.82) is 0 Å². The first-order valence-corrected chi connectivity index (χ1v) is 13.1. The van der Waals surface area contributed by atoms with Crippen LogP contribution in [0.15, 0.2) is 10.9 Å². The molecule has 196 valence electrons. The van der Waals surface area contributed by atoms with Gasteiger partial charge in [-0.25, -0.2) is 9.37 Å². The Morgan fingerprint density at radius 3 is 2.43 bits per heavy atom. The lowest BCUT2D eigenvalue weighted by atomic mass is 9.92. The number of hydrogen-bond donors (Lipinski definition) is 5. The Labute approximate surface area is 202 Å². The normalized spacial score (nSPS) is 28.0. The highest BCUT2D eigenvalue weighted by molar-refractivity contribution is 7.54. The van der Waals surface area contributed by atoms with Crippen molar-refractivity contribution in [2.75, 3.05) is 0 Å². The van der Waals surface area contributed by atoms with Gasteiger partial charge in [0.05, 0.1) is 17.1 Å². The first kappa shape index (κ1) is 27.9. The molecule has 0 aromatic carbocycles. The van der Waals surface area contributed by atoms with Gasteiger partial charge < -0.3 is 34.5 Å². The number of fused-ring (bicyclic) bond motifs is 1. The number of aromatic amines is 1. The van der Waals surface area contributed by atoms with Gasteiger partial charge in [0.25, 0.3) is 5.56 Å². The van der Waals surface area contributed by atoms with Gasteiger partial charge in [0, 0.05) is 23.2 Å². The van der Waals surface area contributed by atoms with Gasteiger partial charge in [0.1, 0.15) is 29.8 Å². The Balaban J connectivity index is 1.92. The number of hydrogen-bond acceptors (Lipinski definition) is 8. The van der Waals surface area contributed by atoms with E-state index in [1.54, 1.807) is 27.7 Å². The smallest absolute Gasteiger partial charge is 0.359 e. The van der Waals surface area contributed by atoms with Gasteiger partial charge >= 0.3 is 7.60 Å². The number of rotatable bonds is 8. The largest absolute Gasteiger partial charge is 0.388 e. The van der Waals surface area contributed by atoms with Crippen LogP contribution >= 0.6 is 7.60 Å². The summed E-state index contributed by atoms with van der Waals surface area (Å²) in [6, 6.07) is 1.25. The third-order valence-corrected chi connectivity index (χ3v) is 9.33. The van der Waals surface area contributed by atoms with E-state index in [4.69, 9.17) is 9.26 Å². The van der Waals surface area contributed by atoms with Gasteiger partial charge in [-0.3, -0.25) is 9.36 Å². The molecule has 2 aromatic rings. The molecule has 12 heteroatoms. The summed E-state index contributed by atoms with van der Waals surface area (Å²) in [5.74, 6) is -0.566. The third kappa shape index (κ3) is 5.09. The van der Waals surface area contributed by atoms with E-state index in [-0.39, 0.29) is 35.9 Å². The number of nitrogens with one attached hydrogen (secondary N) is 1. The minimum atomic E-state index is -4.50.